The van der Waals surface area contributed by atoms with Crippen LogP contribution in [0.2, 0.25) is 0 Å². The number of fused-ring (bicyclic) bond motifs is 1. The maximum absolute atomic E-state index is 11.2. The van der Waals surface area contributed by atoms with Gasteiger partial charge in [0, 0.05) is 19.0 Å². The Morgan fingerprint density at radius 2 is 2.14 bits per heavy atom. The number of carbonyl (C=O) groups excluding carboxylic acids is 1. The first-order valence-electron chi connectivity index (χ1n) is 7.08. The number of ether oxygens (including phenoxy) is 1. The lowest BCUT2D eigenvalue weighted by Gasteiger charge is -2.30. The fourth-order valence-corrected chi connectivity index (χ4v) is 3.86. The minimum Gasteiger partial charge on any atom is -0.494 e. The van der Waals surface area contributed by atoms with Gasteiger partial charge in [-0.25, -0.2) is 4.98 Å². The number of thiazole rings is 1. The van der Waals surface area contributed by atoms with Crippen LogP contribution < -0.4 is 15.4 Å². The summed E-state index contributed by atoms with van der Waals surface area (Å²) in [4.78, 5) is 18.2. The molecule has 1 saturated heterocycles. The minimum atomic E-state index is -0.184. The molecule has 5 nitrogen and oxygen atoms in total. The fraction of sp³-hybridized carbons (Fsp3) is 0.467. The Labute approximate surface area is 127 Å². The molecule has 0 atom stereocenters. The predicted molar refractivity (Wildman–Crippen MR) is 85.0 cm³/mol. The number of aromatic nitrogens is 1. The molecule has 2 N–H and O–H groups in total. The molecule has 21 heavy (non-hydrogen) atoms. The average Bonchev–Trinajstić information content (AvgIpc) is 2.94. The third-order valence-electron chi connectivity index (χ3n) is 4.08. The quantitative estimate of drug-likeness (QED) is 0.945. The van der Waals surface area contributed by atoms with Crippen LogP contribution in [0.3, 0.4) is 0 Å². The van der Waals surface area contributed by atoms with E-state index in [1.807, 2.05) is 6.07 Å². The largest absolute Gasteiger partial charge is 0.494 e. The summed E-state index contributed by atoms with van der Waals surface area (Å²) in [6, 6.07) is 4.02. The molecule has 1 aliphatic heterocycles. The number of nitrogens with two attached hydrogens (primary N) is 1. The Balaban J connectivity index is 1.89. The van der Waals surface area contributed by atoms with E-state index < -0.39 is 0 Å². The SMILES string of the molecule is COc1ccc(C)c2sc(N3CCC(C(N)=O)CC3)nc12. The lowest BCUT2D eigenvalue weighted by atomic mass is 9.97. The van der Waals surface area contributed by atoms with Gasteiger partial charge in [-0.2, -0.15) is 0 Å². The molecule has 2 aromatic rings. The maximum atomic E-state index is 11.2. The highest BCUT2D eigenvalue weighted by atomic mass is 32.1. The number of nitrogens with zero attached hydrogens (tertiary/aromatic N) is 2. The van der Waals surface area contributed by atoms with E-state index in [1.54, 1.807) is 18.4 Å². The molecular weight excluding hydrogens is 286 g/mol. The van der Waals surface area contributed by atoms with Gasteiger partial charge in [0.05, 0.1) is 11.8 Å². The summed E-state index contributed by atoms with van der Waals surface area (Å²) < 4.78 is 6.56. The summed E-state index contributed by atoms with van der Waals surface area (Å²) in [6.45, 7) is 3.74. The van der Waals surface area contributed by atoms with Crippen LogP contribution in [0.1, 0.15) is 18.4 Å². The number of hydrogen-bond donors (Lipinski definition) is 1. The van der Waals surface area contributed by atoms with E-state index in [9.17, 15) is 4.79 Å². The molecule has 0 unspecified atom stereocenters. The molecule has 0 spiro atoms. The minimum absolute atomic E-state index is 0.00639. The number of benzene rings is 1. The highest BCUT2D eigenvalue weighted by Crippen LogP contribution is 2.37. The van der Waals surface area contributed by atoms with Gasteiger partial charge in [-0.15, -0.1) is 0 Å². The van der Waals surface area contributed by atoms with Crippen LogP contribution in [-0.2, 0) is 4.79 Å². The summed E-state index contributed by atoms with van der Waals surface area (Å²) in [7, 11) is 1.67. The molecule has 0 bridgehead atoms. The van der Waals surface area contributed by atoms with Crippen LogP contribution in [0, 0.1) is 12.8 Å². The van der Waals surface area contributed by atoms with Crippen molar-refractivity contribution in [2.75, 3.05) is 25.1 Å². The van der Waals surface area contributed by atoms with Crippen LogP contribution in [0.25, 0.3) is 10.2 Å². The first kappa shape index (κ1) is 14.1. The number of hydrogen-bond acceptors (Lipinski definition) is 5. The van der Waals surface area contributed by atoms with Crippen molar-refractivity contribution >= 4 is 32.6 Å². The zero-order valence-corrected chi connectivity index (χ0v) is 13.1. The first-order chi connectivity index (χ1) is 10.1. The molecule has 6 heteroatoms. The molecule has 1 aliphatic rings. The molecule has 3 rings (SSSR count). The molecule has 2 heterocycles. The molecule has 1 aromatic carbocycles. The normalized spacial score (nSPS) is 16.4. The van der Waals surface area contributed by atoms with Gasteiger partial charge in [0.1, 0.15) is 11.3 Å². The van der Waals surface area contributed by atoms with E-state index in [-0.39, 0.29) is 11.8 Å². The molecule has 0 saturated carbocycles. The van der Waals surface area contributed by atoms with E-state index in [1.165, 1.54) is 10.3 Å². The highest BCUT2D eigenvalue weighted by Gasteiger charge is 2.25. The first-order valence-corrected chi connectivity index (χ1v) is 7.90. The summed E-state index contributed by atoms with van der Waals surface area (Å²) in [5.41, 5.74) is 7.52. The standard InChI is InChI=1S/C15H19N3O2S/c1-9-3-4-11(20-2)12-13(9)21-15(17-12)18-7-5-10(6-8-18)14(16)19/h3-4,10H,5-8H2,1-2H3,(H2,16,19). The van der Waals surface area contributed by atoms with Crippen molar-refractivity contribution in [1.29, 1.82) is 0 Å². The number of anilines is 1. The van der Waals surface area contributed by atoms with Gasteiger partial charge >= 0.3 is 0 Å². The van der Waals surface area contributed by atoms with E-state index >= 15 is 0 Å². The molecule has 1 amide bonds. The van der Waals surface area contributed by atoms with Crippen molar-refractivity contribution < 1.29 is 9.53 Å². The smallest absolute Gasteiger partial charge is 0.220 e. The molecule has 0 aliphatic carbocycles. The third kappa shape index (κ3) is 2.55. The van der Waals surface area contributed by atoms with Crippen molar-refractivity contribution in [2.24, 2.45) is 11.7 Å². The van der Waals surface area contributed by atoms with Crippen molar-refractivity contribution in [3.63, 3.8) is 0 Å². The summed E-state index contributed by atoms with van der Waals surface area (Å²) in [6.07, 6.45) is 1.61. The fourth-order valence-electron chi connectivity index (χ4n) is 2.75. The van der Waals surface area contributed by atoms with Crippen LogP contribution in [0.5, 0.6) is 5.75 Å². The Bertz CT molecular complexity index is 675. The topological polar surface area (TPSA) is 68.5 Å². The van der Waals surface area contributed by atoms with E-state index in [4.69, 9.17) is 15.5 Å². The Morgan fingerprint density at radius 1 is 1.43 bits per heavy atom. The van der Waals surface area contributed by atoms with Gasteiger partial charge < -0.3 is 15.4 Å². The van der Waals surface area contributed by atoms with Gasteiger partial charge in [0.25, 0.3) is 0 Å². The van der Waals surface area contributed by atoms with E-state index in [0.29, 0.717) is 0 Å². The molecule has 112 valence electrons. The summed E-state index contributed by atoms with van der Waals surface area (Å²) in [5, 5.41) is 1.00. The van der Waals surface area contributed by atoms with Gasteiger partial charge in [-0.3, -0.25) is 4.79 Å². The van der Waals surface area contributed by atoms with Gasteiger partial charge in [-0.05, 0) is 31.4 Å². The Hall–Kier alpha value is -1.82. The second kappa shape index (κ2) is 5.52. The number of primary amides is 1. The Morgan fingerprint density at radius 3 is 2.76 bits per heavy atom. The monoisotopic (exact) mass is 305 g/mol. The van der Waals surface area contributed by atoms with Crippen molar-refractivity contribution in [3.8, 4) is 5.75 Å². The lowest BCUT2D eigenvalue weighted by Crippen LogP contribution is -2.38. The second-order valence-electron chi connectivity index (χ2n) is 5.42. The van der Waals surface area contributed by atoms with Gasteiger partial charge in [-0.1, -0.05) is 17.4 Å². The highest BCUT2D eigenvalue weighted by molar-refractivity contribution is 7.22. The lowest BCUT2D eigenvalue weighted by molar-refractivity contribution is -0.122. The van der Waals surface area contributed by atoms with Crippen LogP contribution in [0.15, 0.2) is 12.1 Å². The number of amides is 1. The van der Waals surface area contributed by atoms with Crippen molar-refractivity contribution in [2.45, 2.75) is 19.8 Å². The zero-order valence-electron chi connectivity index (χ0n) is 12.3. The zero-order chi connectivity index (χ0) is 15.0. The van der Waals surface area contributed by atoms with E-state index in [2.05, 4.69) is 17.9 Å². The number of aryl methyl sites for hydroxylation is 1. The predicted octanol–water partition coefficient (Wildman–Crippen LogP) is 2.32. The summed E-state index contributed by atoms with van der Waals surface area (Å²) in [5.74, 6) is 0.633. The van der Waals surface area contributed by atoms with Crippen LogP contribution in [-0.4, -0.2) is 31.1 Å². The molecule has 1 fully saturated rings. The molecule has 0 radical (unpaired) electrons. The number of carbonyl (C=O) groups is 1. The van der Waals surface area contributed by atoms with Crippen LogP contribution >= 0.6 is 11.3 Å². The third-order valence-corrected chi connectivity index (χ3v) is 5.33. The maximum Gasteiger partial charge on any atom is 0.220 e. The van der Waals surface area contributed by atoms with E-state index in [0.717, 1.165) is 42.3 Å². The van der Waals surface area contributed by atoms with Crippen molar-refractivity contribution in [1.82, 2.24) is 4.98 Å². The van der Waals surface area contributed by atoms with Gasteiger partial charge in [0.2, 0.25) is 5.91 Å². The summed E-state index contributed by atoms with van der Waals surface area (Å²) >= 11 is 1.69. The number of rotatable bonds is 3. The van der Waals surface area contributed by atoms with Gasteiger partial charge in [0.15, 0.2) is 5.13 Å². The Kier molecular flexibility index (Phi) is 3.71. The molecular formula is C15H19N3O2S. The number of methoxy groups -OCH3 is 1. The second-order valence-corrected chi connectivity index (χ2v) is 6.40. The average molecular weight is 305 g/mol. The number of piperidine rings is 1. The molecule has 1 aromatic heterocycles. The van der Waals surface area contributed by atoms with Crippen LogP contribution in [0.4, 0.5) is 5.13 Å². The van der Waals surface area contributed by atoms with Crippen molar-refractivity contribution in [3.05, 3.63) is 17.7 Å².